The van der Waals surface area contributed by atoms with Gasteiger partial charge in [-0.05, 0) is 52.2 Å². The maximum absolute atomic E-state index is 12.4. The fraction of sp³-hybridized carbons (Fsp3) is 0.133. The number of H-pyrrole nitrogens is 1. The third-order valence-corrected chi connectivity index (χ3v) is 4.74. The largest absolute Gasteiger partial charge is 0.334 e. The highest BCUT2D eigenvalue weighted by molar-refractivity contribution is 14.1. The molecule has 22 heavy (non-hydrogen) atoms. The van der Waals surface area contributed by atoms with Crippen LogP contribution in [-0.2, 0) is 6.54 Å². The molecule has 0 unspecified atom stereocenters. The Morgan fingerprint density at radius 2 is 2.23 bits per heavy atom. The normalized spacial score (nSPS) is 10.8. The molecule has 0 radical (unpaired) electrons. The summed E-state index contributed by atoms with van der Waals surface area (Å²) in [4.78, 5) is 33.0. The first-order valence-corrected chi connectivity index (χ1v) is 8.48. The molecule has 3 rings (SSSR count). The van der Waals surface area contributed by atoms with E-state index >= 15 is 0 Å². The fourth-order valence-corrected chi connectivity index (χ4v) is 3.40. The zero-order valence-corrected chi connectivity index (χ0v) is 14.6. The summed E-state index contributed by atoms with van der Waals surface area (Å²) in [5, 5.41) is 1.83. The quantitative estimate of drug-likeness (QED) is 0.657. The highest BCUT2D eigenvalue weighted by Crippen LogP contribution is 2.15. The molecule has 0 bridgehead atoms. The summed E-state index contributed by atoms with van der Waals surface area (Å²) in [6, 6.07) is 9.19. The zero-order valence-electron chi connectivity index (χ0n) is 11.7. The molecule has 5 nitrogen and oxygen atoms in total. The van der Waals surface area contributed by atoms with E-state index in [1.165, 1.54) is 11.3 Å². The molecule has 1 amide bonds. The van der Waals surface area contributed by atoms with Crippen LogP contribution in [0, 0.1) is 3.57 Å². The van der Waals surface area contributed by atoms with Gasteiger partial charge in [0.1, 0.15) is 10.5 Å². The average molecular weight is 425 g/mol. The number of nitrogens with zero attached hydrogens (tertiary/aromatic N) is 2. The number of hydrogen-bond donors (Lipinski definition) is 1. The lowest BCUT2D eigenvalue weighted by Gasteiger charge is -2.16. The number of hydrogen-bond acceptors (Lipinski definition) is 4. The van der Waals surface area contributed by atoms with Crippen molar-refractivity contribution in [3.63, 3.8) is 0 Å². The van der Waals surface area contributed by atoms with Crippen LogP contribution >= 0.6 is 33.9 Å². The van der Waals surface area contributed by atoms with E-state index in [9.17, 15) is 9.59 Å². The monoisotopic (exact) mass is 425 g/mol. The van der Waals surface area contributed by atoms with Gasteiger partial charge in [-0.25, -0.2) is 4.98 Å². The molecule has 0 aliphatic heterocycles. The Labute approximate surface area is 144 Å². The summed E-state index contributed by atoms with van der Waals surface area (Å²) in [5.41, 5.74) is 1.12. The van der Waals surface area contributed by atoms with E-state index in [-0.39, 0.29) is 18.0 Å². The summed E-state index contributed by atoms with van der Waals surface area (Å²) in [5.74, 6) is 0.379. The van der Waals surface area contributed by atoms with Crippen molar-refractivity contribution in [2.24, 2.45) is 0 Å². The lowest BCUT2D eigenvalue weighted by Crippen LogP contribution is -2.28. The van der Waals surface area contributed by atoms with Gasteiger partial charge in [-0.2, -0.15) is 0 Å². The fourth-order valence-electron chi connectivity index (χ4n) is 2.13. The summed E-state index contributed by atoms with van der Waals surface area (Å²) >= 11 is 3.53. The van der Waals surface area contributed by atoms with Crippen molar-refractivity contribution < 1.29 is 4.79 Å². The summed E-state index contributed by atoms with van der Waals surface area (Å²) < 4.78 is 1.61. The number of nitrogens with one attached hydrogen (secondary N) is 1. The molecular formula is C15H12IN3O2S. The van der Waals surface area contributed by atoms with Crippen LogP contribution in [0.2, 0.25) is 0 Å². The Bertz CT molecular complexity index is 903. The lowest BCUT2D eigenvalue weighted by atomic mass is 10.2. The molecule has 2 heterocycles. The van der Waals surface area contributed by atoms with Crippen molar-refractivity contribution in [1.29, 1.82) is 0 Å². The molecule has 0 atom stereocenters. The van der Waals surface area contributed by atoms with Crippen LogP contribution in [0.15, 0.2) is 40.5 Å². The molecule has 7 heteroatoms. The van der Waals surface area contributed by atoms with Crippen molar-refractivity contribution in [1.82, 2.24) is 14.9 Å². The molecular weight excluding hydrogens is 413 g/mol. The summed E-state index contributed by atoms with van der Waals surface area (Å²) in [6.07, 6.45) is 0. The molecule has 0 aliphatic rings. The number of rotatable bonds is 3. The second-order valence-corrected chi connectivity index (χ2v) is 6.98. The minimum atomic E-state index is -0.162. The maximum atomic E-state index is 12.4. The van der Waals surface area contributed by atoms with E-state index in [1.807, 2.05) is 23.6 Å². The minimum Gasteiger partial charge on any atom is -0.334 e. The smallest absolute Gasteiger partial charge is 0.268 e. The van der Waals surface area contributed by atoms with Gasteiger partial charge in [0.2, 0.25) is 0 Å². The van der Waals surface area contributed by atoms with Crippen LogP contribution in [-0.4, -0.2) is 27.8 Å². The van der Waals surface area contributed by atoms with Gasteiger partial charge in [-0.3, -0.25) is 9.59 Å². The Hall–Kier alpha value is -1.74. The maximum Gasteiger partial charge on any atom is 0.268 e. The van der Waals surface area contributed by atoms with Crippen LogP contribution in [0.4, 0.5) is 0 Å². The van der Waals surface area contributed by atoms with E-state index in [1.54, 1.807) is 24.1 Å². The summed E-state index contributed by atoms with van der Waals surface area (Å²) in [6.45, 7) is 0.255. The van der Waals surface area contributed by atoms with E-state index in [0.717, 1.165) is 3.57 Å². The minimum absolute atomic E-state index is 0.105. The Morgan fingerprint density at radius 3 is 3.00 bits per heavy atom. The van der Waals surface area contributed by atoms with Crippen molar-refractivity contribution in [3.05, 3.63) is 61.0 Å². The zero-order chi connectivity index (χ0) is 15.7. The number of thiophene rings is 1. The topological polar surface area (TPSA) is 66.1 Å². The SMILES string of the molecule is CN(Cc1nc2ccsc2c(=O)[nH]1)C(=O)c1cccc(I)c1. The molecule has 3 aromatic rings. The molecule has 0 aliphatic carbocycles. The number of aromatic amines is 1. The number of halogens is 1. The molecule has 0 saturated heterocycles. The molecule has 112 valence electrons. The van der Waals surface area contributed by atoms with Gasteiger partial charge in [0.25, 0.3) is 11.5 Å². The molecule has 1 N–H and O–H groups in total. The first-order valence-electron chi connectivity index (χ1n) is 6.52. The number of aromatic nitrogens is 2. The van der Waals surface area contributed by atoms with Crippen molar-refractivity contribution in [2.45, 2.75) is 6.54 Å². The molecule has 0 saturated carbocycles. The van der Waals surface area contributed by atoms with Crippen LogP contribution in [0.3, 0.4) is 0 Å². The predicted octanol–water partition coefficient (Wildman–Crippen LogP) is 2.86. The van der Waals surface area contributed by atoms with Crippen LogP contribution in [0.1, 0.15) is 16.2 Å². The highest BCUT2D eigenvalue weighted by atomic mass is 127. The molecule has 2 aromatic heterocycles. The number of amides is 1. The van der Waals surface area contributed by atoms with Gasteiger partial charge in [-0.1, -0.05) is 6.07 Å². The Kier molecular flexibility index (Phi) is 4.25. The first kappa shape index (κ1) is 15.2. The third-order valence-electron chi connectivity index (χ3n) is 3.17. The Morgan fingerprint density at radius 1 is 1.41 bits per heavy atom. The first-order chi connectivity index (χ1) is 10.5. The van der Waals surface area contributed by atoms with Gasteiger partial charge in [-0.15, -0.1) is 11.3 Å². The Balaban J connectivity index is 1.84. The molecule has 1 aromatic carbocycles. The standard InChI is InChI=1S/C15H12IN3O2S/c1-19(15(21)9-3-2-4-10(16)7-9)8-12-17-11-5-6-22-13(11)14(20)18-12/h2-7H,8H2,1H3,(H,17,18,20). The van der Waals surface area contributed by atoms with E-state index in [4.69, 9.17) is 0 Å². The van der Waals surface area contributed by atoms with Crippen molar-refractivity contribution >= 4 is 50.1 Å². The van der Waals surface area contributed by atoms with E-state index < -0.39 is 0 Å². The second kappa shape index (κ2) is 6.17. The van der Waals surface area contributed by atoms with Gasteiger partial charge < -0.3 is 9.88 Å². The van der Waals surface area contributed by atoms with Gasteiger partial charge in [0.05, 0.1) is 12.1 Å². The predicted molar refractivity (Wildman–Crippen MR) is 95.2 cm³/mol. The lowest BCUT2D eigenvalue weighted by molar-refractivity contribution is 0.0781. The van der Waals surface area contributed by atoms with Gasteiger partial charge in [0.15, 0.2) is 0 Å². The van der Waals surface area contributed by atoms with Crippen molar-refractivity contribution in [3.8, 4) is 0 Å². The highest BCUT2D eigenvalue weighted by Gasteiger charge is 2.14. The number of fused-ring (bicyclic) bond motifs is 1. The van der Waals surface area contributed by atoms with Gasteiger partial charge >= 0.3 is 0 Å². The van der Waals surface area contributed by atoms with Crippen LogP contribution in [0.5, 0.6) is 0 Å². The number of carbonyl (C=O) groups is 1. The third kappa shape index (κ3) is 3.05. The van der Waals surface area contributed by atoms with Crippen LogP contribution < -0.4 is 5.56 Å². The van der Waals surface area contributed by atoms with Crippen molar-refractivity contribution in [2.75, 3.05) is 7.05 Å². The number of benzene rings is 1. The van der Waals surface area contributed by atoms with E-state index in [2.05, 4.69) is 32.6 Å². The van der Waals surface area contributed by atoms with E-state index in [0.29, 0.717) is 21.6 Å². The average Bonchev–Trinajstić information content (AvgIpc) is 2.95. The molecule has 0 fully saturated rings. The number of carbonyl (C=O) groups excluding carboxylic acids is 1. The summed E-state index contributed by atoms with van der Waals surface area (Å²) in [7, 11) is 1.69. The van der Waals surface area contributed by atoms with Crippen LogP contribution in [0.25, 0.3) is 10.2 Å². The van der Waals surface area contributed by atoms with Gasteiger partial charge in [0, 0.05) is 16.2 Å². The molecule has 0 spiro atoms. The second-order valence-electron chi connectivity index (χ2n) is 4.82.